The SMILES string of the molecule is COc1cc(NC(=O)c2ccc3c(c2)C[C@H](C)N3S(C)(=O)=O)cc(OC)c1. The van der Waals surface area contributed by atoms with Crippen LogP contribution in [0.4, 0.5) is 11.4 Å². The third-order valence-electron chi connectivity index (χ3n) is 4.46. The molecule has 1 aliphatic heterocycles. The number of hydrogen-bond donors (Lipinski definition) is 1. The number of methoxy groups -OCH3 is 2. The standard InChI is InChI=1S/C19H22N2O5S/c1-12-7-14-8-13(5-6-18(14)21(12)27(4,23)24)19(22)20-15-9-16(25-2)11-17(10-15)26-3/h5-6,8-12H,7H2,1-4H3,(H,20,22)/t12-/m0/s1. The molecule has 1 N–H and O–H groups in total. The van der Waals surface area contributed by atoms with Gasteiger partial charge in [0.05, 0.1) is 26.2 Å². The highest BCUT2D eigenvalue weighted by Crippen LogP contribution is 2.35. The minimum atomic E-state index is -3.36. The Labute approximate surface area is 158 Å². The molecule has 1 aliphatic rings. The number of rotatable bonds is 5. The van der Waals surface area contributed by atoms with E-state index < -0.39 is 10.0 Å². The molecule has 0 spiro atoms. The van der Waals surface area contributed by atoms with Gasteiger partial charge in [-0.05, 0) is 37.1 Å². The zero-order valence-corrected chi connectivity index (χ0v) is 16.5. The summed E-state index contributed by atoms with van der Waals surface area (Å²) in [5.41, 5.74) is 2.47. The van der Waals surface area contributed by atoms with Gasteiger partial charge in [0.1, 0.15) is 11.5 Å². The fourth-order valence-corrected chi connectivity index (χ4v) is 4.60. The van der Waals surface area contributed by atoms with Crippen molar-refractivity contribution in [2.45, 2.75) is 19.4 Å². The van der Waals surface area contributed by atoms with Gasteiger partial charge in [0.2, 0.25) is 10.0 Å². The lowest BCUT2D eigenvalue weighted by Crippen LogP contribution is -2.34. The van der Waals surface area contributed by atoms with Gasteiger partial charge < -0.3 is 14.8 Å². The van der Waals surface area contributed by atoms with Gasteiger partial charge in [-0.25, -0.2) is 8.42 Å². The molecule has 27 heavy (non-hydrogen) atoms. The van der Waals surface area contributed by atoms with Gasteiger partial charge in [0.25, 0.3) is 5.91 Å². The molecule has 0 aliphatic carbocycles. The lowest BCUT2D eigenvalue weighted by molar-refractivity contribution is 0.102. The Balaban J connectivity index is 1.87. The van der Waals surface area contributed by atoms with Crippen LogP contribution in [0.1, 0.15) is 22.8 Å². The van der Waals surface area contributed by atoms with Gasteiger partial charge in [-0.1, -0.05) is 0 Å². The lowest BCUT2D eigenvalue weighted by atomic mass is 10.1. The molecule has 2 aromatic carbocycles. The predicted molar refractivity (Wildman–Crippen MR) is 104 cm³/mol. The molecular formula is C19H22N2O5S. The van der Waals surface area contributed by atoms with E-state index in [0.717, 1.165) is 5.56 Å². The topological polar surface area (TPSA) is 84.9 Å². The quantitative estimate of drug-likeness (QED) is 0.848. The van der Waals surface area contributed by atoms with E-state index in [0.29, 0.717) is 34.9 Å². The molecule has 1 amide bonds. The third kappa shape index (κ3) is 3.85. The summed E-state index contributed by atoms with van der Waals surface area (Å²) < 4.78 is 35.8. The molecule has 0 aromatic heterocycles. The Bertz CT molecular complexity index is 965. The number of hydrogen-bond acceptors (Lipinski definition) is 5. The van der Waals surface area contributed by atoms with Crippen LogP contribution in [-0.2, 0) is 16.4 Å². The fraction of sp³-hybridized carbons (Fsp3) is 0.316. The Morgan fingerprint density at radius 2 is 1.74 bits per heavy atom. The lowest BCUT2D eigenvalue weighted by Gasteiger charge is -2.21. The molecule has 0 radical (unpaired) electrons. The van der Waals surface area contributed by atoms with E-state index in [1.807, 2.05) is 6.92 Å². The second-order valence-corrected chi connectivity index (χ2v) is 8.37. The van der Waals surface area contributed by atoms with Crippen molar-refractivity contribution in [1.29, 1.82) is 0 Å². The van der Waals surface area contributed by atoms with Crippen LogP contribution >= 0.6 is 0 Å². The molecule has 0 saturated carbocycles. The second kappa shape index (κ2) is 7.11. The first-order chi connectivity index (χ1) is 12.7. The second-order valence-electron chi connectivity index (χ2n) is 6.51. The Morgan fingerprint density at radius 3 is 2.30 bits per heavy atom. The summed E-state index contributed by atoms with van der Waals surface area (Å²) in [5.74, 6) is 0.839. The Morgan fingerprint density at radius 1 is 1.11 bits per heavy atom. The Hall–Kier alpha value is -2.74. The summed E-state index contributed by atoms with van der Waals surface area (Å²) in [7, 11) is -0.283. The van der Waals surface area contributed by atoms with Gasteiger partial charge in [-0.15, -0.1) is 0 Å². The van der Waals surface area contributed by atoms with E-state index in [1.54, 1.807) is 36.4 Å². The van der Waals surface area contributed by atoms with Crippen molar-refractivity contribution in [2.24, 2.45) is 0 Å². The smallest absolute Gasteiger partial charge is 0.255 e. The highest BCUT2D eigenvalue weighted by molar-refractivity contribution is 7.92. The van der Waals surface area contributed by atoms with Crippen molar-refractivity contribution in [3.8, 4) is 11.5 Å². The van der Waals surface area contributed by atoms with Gasteiger partial charge >= 0.3 is 0 Å². The van der Waals surface area contributed by atoms with E-state index in [9.17, 15) is 13.2 Å². The number of nitrogens with one attached hydrogen (secondary N) is 1. The van der Waals surface area contributed by atoms with Crippen LogP contribution in [0.2, 0.25) is 0 Å². The summed E-state index contributed by atoms with van der Waals surface area (Å²) in [6.45, 7) is 1.85. The summed E-state index contributed by atoms with van der Waals surface area (Å²) in [6.07, 6.45) is 1.76. The molecule has 7 nitrogen and oxygen atoms in total. The summed E-state index contributed by atoms with van der Waals surface area (Å²) >= 11 is 0. The first kappa shape index (κ1) is 19.0. The largest absolute Gasteiger partial charge is 0.497 e. The normalized spacial score (nSPS) is 16.0. The molecule has 144 valence electrons. The number of ether oxygens (including phenoxy) is 2. The first-order valence-electron chi connectivity index (χ1n) is 8.39. The number of nitrogens with zero attached hydrogens (tertiary/aromatic N) is 1. The summed E-state index contributed by atoms with van der Waals surface area (Å²) in [5, 5.41) is 2.82. The molecule has 0 unspecified atom stereocenters. The minimum absolute atomic E-state index is 0.170. The number of fused-ring (bicyclic) bond motifs is 1. The van der Waals surface area contributed by atoms with E-state index >= 15 is 0 Å². The number of carbonyl (C=O) groups is 1. The van der Waals surface area contributed by atoms with Crippen molar-refractivity contribution < 1.29 is 22.7 Å². The maximum Gasteiger partial charge on any atom is 0.255 e. The van der Waals surface area contributed by atoms with Gasteiger partial charge in [-0.3, -0.25) is 9.10 Å². The number of benzene rings is 2. The number of amides is 1. The maximum atomic E-state index is 12.6. The molecule has 0 bridgehead atoms. The number of anilines is 2. The Kier molecular flexibility index (Phi) is 5.01. The molecule has 2 aromatic rings. The van der Waals surface area contributed by atoms with Gasteiger partial charge in [0, 0.05) is 35.5 Å². The predicted octanol–water partition coefficient (Wildman–Crippen LogP) is 2.67. The first-order valence-corrected chi connectivity index (χ1v) is 10.2. The average molecular weight is 390 g/mol. The minimum Gasteiger partial charge on any atom is -0.497 e. The van der Waals surface area contributed by atoms with Crippen LogP contribution in [0.5, 0.6) is 11.5 Å². The van der Waals surface area contributed by atoms with E-state index in [4.69, 9.17) is 9.47 Å². The molecule has 0 fully saturated rings. The molecule has 1 heterocycles. The number of carbonyl (C=O) groups excluding carboxylic acids is 1. The zero-order chi connectivity index (χ0) is 19.8. The van der Waals surface area contributed by atoms with Crippen molar-refractivity contribution >= 4 is 27.3 Å². The van der Waals surface area contributed by atoms with Crippen LogP contribution < -0.4 is 19.1 Å². The van der Waals surface area contributed by atoms with E-state index in [2.05, 4.69) is 5.32 Å². The molecular weight excluding hydrogens is 368 g/mol. The van der Waals surface area contributed by atoms with Crippen molar-refractivity contribution in [3.05, 3.63) is 47.5 Å². The van der Waals surface area contributed by atoms with E-state index in [1.165, 1.54) is 24.8 Å². The van der Waals surface area contributed by atoms with Crippen LogP contribution in [0.15, 0.2) is 36.4 Å². The highest BCUT2D eigenvalue weighted by atomic mass is 32.2. The fourth-order valence-electron chi connectivity index (χ4n) is 3.33. The third-order valence-corrected chi connectivity index (χ3v) is 5.73. The van der Waals surface area contributed by atoms with Crippen molar-refractivity contribution in [2.75, 3.05) is 30.1 Å². The zero-order valence-electron chi connectivity index (χ0n) is 15.6. The molecule has 0 saturated heterocycles. The number of sulfonamides is 1. The maximum absolute atomic E-state index is 12.6. The van der Waals surface area contributed by atoms with Gasteiger partial charge in [0.15, 0.2) is 0 Å². The highest BCUT2D eigenvalue weighted by Gasteiger charge is 2.32. The molecule has 3 rings (SSSR count). The molecule has 8 heteroatoms. The van der Waals surface area contributed by atoms with Crippen molar-refractivity contribution in [1.82, 2.24) is 0 Å². The monoisotopic (exact) mass is 390 g/mol. The van der Waals surface area contributed by atoms with Crippen LogP contribution in [0.3, 0.4) is 0 Å². The van der Waals surface area contributed by atoms with Crippen LogP contribution in [-0.4, -0.2) is 40.8 Å². The summed E-state index contributed by atoms with van der Waals surface area (Å²) in [4.78, 5) is 12.6. The van der Waals surface area contributed by atoms with Crippen LogP contribution in [0, 0.1) is 0 Å². The van der Waals surface area contributed by atoms with Gasteiger partial charge in [-0.2, -0.15) is 0 Å². The average Bonchev–Trinajstić information content (AvgIpc) is 2.96. The van der Waals surface area contributed by atoms with E-state index in [-0.39, 0.29) is 11.9 Å². The summed E-state index contributed by atoms with van der Waals surface area (Å²) in [6, 6.07) is 9.98. The molecule has 1 atom stereocenters. The van der Waals surface area contributed by atoms with Crippen LogP contribution in [0.25, 0.3) is 0 Å². The van der Waals surface area contributed by atoms with Crippen molar-refractivity contribution in [3.63, 3.8) is 0 Å².